The van der Waals surface area contributed by atoms with Gasteiger partial charge in [0.2, 0.25) is 5.91 Å². The monoisotopic (exact) mass is 407 g/mol. The molecule has 0 bridgehead atoms. The molecule has 2 heterocycles. The number of carbonyl (C=O) groups is 2. The number of likely N-dealkylation sites (N-methyl/N-ethyl adjacent to an activating group) is 1. The van der Waals surface area contributed by atoms with Gasteiger partial charge in [-0.05, 0) is 24.0 Å². The van der Waals surface area contributed by atoms with Crippen LogP contribution in [0, 0.1) is 0 Å². The third-order valence-corrected chi connectivity index (χ3v) is 6.07. The van der Waals surface area contributed by atoms with Gasteiger partial charge in [0.1, 0.15) is 6.61 Å². The minimum atomic E-state index is -0.697. The van der Waals surface area contributed by atoms with Gasteiger partial charge in [0.25, 0.3) is 5.91 Å². The summed E-state index contributed by atoms with van der Waals surface area (Å²) in [5.74, 6) is -0.244. The van der Waals surface area contributed by atoms with E-state index < -0.39 is 12.1 Å². The molecule has 0 saturated carbocycles. The van der Waals surface area contributed by atoms with Gasteiger partial charge < -0.3 is 15.0 Å². The molecule has 0 aliphatic carbocycles. The Balaban J connectivity index is 1.35. The summed E-state index contributed by atoms with van der Waals surface area (Å²) in [5, 5.41) is 3.18. The lowest BCUT2D eigenvalue weighted by molar-refractivity contribution is -0.162. The van der Waals surface area contributed by atoms with Crippen LogP contribution in [0.4, 0.5) is 0 Å². The van der Waals surface area contributed by atoms with Crippen molar-refractivity contribution in [1.82, 2.24) is 15.1 Å². The first kappa shape index (κ1) is 20.6. The second kappa shape index (κ2) is 9.41. The summed E-state index contributed by atoms with van der Waals surface area (Å²) in [6.45, 7) is 2.78. The molecule has 2 fully saturated rings. The van der Waals surface area contributed by atoms with Crippen LogP contribution in [0.1, 0.15) is 30.0 Å². The lowest BCUT2D eigenvalue weighted by Crippen LogP contribution is -2.55. The van der Waals surface area contributed by atoms with Crippen LogP contribution < -0.4 is 5.32 Å². The third kappa shape index (κ3) is 4.71. The Morgan fingerprint density at radius 1 is 1.03 bits per heavy atom. The number of benzene rings is 2. The molecule has 2 aliphatic rings. The van der Waals surface area contributed by atoms with E-state index in [1.807, 2.05) is 36.4 Å². The number of nitrogens with one attached hydrogen (secondary N) is 1. The highest BCUT2D eigenvalue weighted by molar-refractivity contribution is 5.86. The van der Waals surface area contributed by atoms with E-state index in [1.54, 1.807) is 11.9 Å². The Morgan fingerprint density at radius 3 is 2.33 bits per heavy atom. The van der Waals surface area contributed by atoms with Gasteiger partial charge in [0.15, 0.2) is 6.10 Å². The van der Waals surface area contributed by atoms with E-state index in [1.165, 1.54) is 5.56 Å². The van der Waals surface area contributed by atoms with Crippen molar-refractivity contribution in [3.05, 3.63) is 71.8 Å². The fraction of sp³-hybridized carbons (Fsp3) is 0.417. The van der Waals surface area contributed by atoms with Crippen molar-refractivity contribution in [2.24, 2.45) is 0 Å². The molecular formula is C24H29N3O3. The lowest BCUT2D eigenvalue weighted by atomic mass is 9.96. The molecule has 0 spiro atoms. The molecule has 2 saturated heterocycles. The molecule has 6 heteroatoms. The van der Waals surface area contributed by atoms with Crippen LogP contribution in [-0.4, -0.2) is 60.5 Å². The van der Waals surface area contributed by atoms with Crippen molar-refractivity contribution in [1.29, 1.82) is 0 Å². The third-order valence-electron chi connectivity index (χ3n) is 6.07. The molecule has 6 nitrogen and oxygen atoms in total. The average molecular weight is 408 g/mol. The lowest BCUT2D eigenvalue weighted by Gasteiger charge is -2.39. The molecule has 2 aromatic carbocycles. The van der Waals surface area contributed by atoms with E-state index in [9.17, 15) is 9.59 Å². The molecule has 158 valence electrons. The van der Waals surface area contributed by atoms with Gasteiger partial charge in [-0.15, -0.1) is 0 Å². The molecule has 4 rings (SSSR count). The topological polar surface area (TPSA) is 61.9 Å². The number of carbonyl (C=O) groups excluding carboxylic acids is 2. The quantitative estimate of drug-likeness (QED) is 0.827. The number of piperidine rings is 1. The Labute approximate surface area is 177 Å². The molecule has 2 atom stereocenters. The van der Waals surface area contributed by atoms with Crippen molar-refractivity contribution >= 4 is 11.8 Å². The van der Waals surface area contributed by atoms with Gasteiger partial charge >= 0.3 is 0 Å². The van der Waals surface area contributed by atoms with E-state index in [0.29, 0.717) is 0 Å². The molecule has 2 aromatic rings. The predicted octanol–water partition coefficient (Wildman–Crippen LogP) is 2.37. The maximum Gasteiger partial charge on any atom is 0.251 e. The second-order valence-electron chi connectivity index (χ2n) is 8.14. The number of hydrogen-bond acceptors (Lipinski definition) is 4. The average Bonchev–Trinajstić information content (AvgIpc) is 2.78. The van der Waals surface area contributed by atoms with E-state index >= 15 is 0 Å². The highest BCUT2D eigenvalue weighted by Gasteiger charge is 2.40. The summed E-state index contributed by atoms with van der Waals surface area (Å²) in [5.41, 5.74) is 2.22. The van der Waals surface area contributed by atoms with E-state index in [0.717, 1.165) is 38.0 Å². The van der Waals surface area contributed by atoms with Gasteiger partial charge in [-0.3, -0.25) is 14.5 Å². The van der Waals surface area contributed by atoms with Gasteiger partial charge in [-0.2, -0.15) is 0 Å². The van der Waals surface area contributed by atoms with Gasteiger partial charge in [-0.25, -0.2) is 0 Å². The summed E-state index contributed by atoms with van der Waals surface area (Å²) in [6.07, 6.45) is 1.13. The van der Waals surface area contributed by atoms with Crippen LogP contribution in [0.5, 0.6) is 0 Å². The summed E-state index contributed by atoms with van der Waals surface area (Å²) in [7, 11) is 1.74. The van der Waals surface area contributed by atoms with Crippen LogP contribution in [-0.2, 0) is 20.9 Å². The zero-order valence-electron chi connectivity index (χ0n) is 17.4. The van der Waals surface area contributed by atoms with Crippen molar-refractivity contribution in [2.45, 2.75) is 37.6 Å². The van der Waals surface area contributed by atoms with Crippen molar-refractivity contribution in [3.8, 4) is 0 Å². The number of morpholine rings is 1. The summed E-state index contributed by atoms with van der Waals surface area (Å²) in [6, 6.07) is 19.8. The van der Waals surface area contributed by atoms with Crippen LogP contribution in [0.25, 0.3) is 0 Å². The Bertz CT molecular complexity index is 851. The van der Waals surface area contributed by atoms with Gasteiger partial charge in [0, 0.05) is 32.7 Å². The zero-order chi connectivity index (χ0) is 20.9. The van der Waals surface area contributed by atoms with Crippen molar-refractivity contribution in [2.75, 3.05) is 26.7 Å². The standard InChI is InChI=1S/C24H29N3O3/c1-26-21(28)17-30-23(22(26)19-10-6-3-7-11-19)24(29)25-20-12-14-27(15-13-20)16-18-8-4-2-5-9-18/h2-11,20,22-23H,12-17H2,1H3,(H,25,29)/t22-,23+/m0/s1. The highest BCUT2D eigenvalue weighted by Crippen LogP contribution is 2.29. The number of likely N-dealkylation sites (tertiary alicyclic amines) is 1. The van der Waals surface area contributed by atoms with Gasteiger partial charge in [0.05, 0.1) is 6.04 Å². The molecule has 1 N–H and O–H groups in total. The van der Waals surface area contributed by atoms with Crippen LogP contribution >= 0.6 is 0 Å². The van der Waals surface area contributed by atoms with Crippen molar-refractivity contribution in [3.63, 3.8) is 0 Å². The molecule has 0 aromatic heterocycles. The predicted molar refractivity (Wildman–Crippen MR) is 115 cm³/mol. The van der Waals surface area contributed by atoms with Gasteiger partial charge in [-0.1, -0.05) is 60.7 Å². The minimum Gasteiger partial charge on any atom is -0.356 e. The van der Waals surface area contributed by atoms with E-state index in [4.69, 9.17) is 4.74 Å². The maximum atomic E-state index is 13.1. The summed E-state index contributed by atoms with van der Waals surface area (Å²) < 4.78 is 5.72. The summed E-state index contributed by atoms with van der Waals surface area (Å²) in [4.78, 5) is 29.3. The Hall–Kier alpha value is -2.70. The molecule has 0 unspecified atom stereocenters. The van der Waals surface area contributed by atoms with Crippen LogP contribution in [0.15, 0.2) is 60.7 Å². The molecule has 2 amide bonds. The fourth-order valence-electron chi connectivity index (χ4n) is 4.34. The zero-order valence-corrected chi connectivity index (χ0v) is 17.4. The number of ether oxygens (including phenoxy) is 1. The smallest absolute Gasteiger partial charge is 0.251 e. The molecule has 0 radical (unpaired) electrons. The minimum absolute atomic E-state index is 0.0621. The number of rotatable bonds is 5. The van der Waals surface area contributed by atoms with Crippen molar-refractivity contribution < 1.29 is 14.3 Å². The molecule has 2 aliphatic heterocycles. The first-order valence-corrected chi connectivity index (χ1v) is 10.6. The molecular weight excluding hydrogens is 378 g/mol. The Kier molecular flexibility index (Phi) is 6.45. The SMILES string of the molecule is CN1C(=O)CO[C@@H](C(=O)NC2CCN(Cc3ccccc3)CC2)[C@@H]1c1ccccc1. The summed E-state index contributed by atoms with van der Waals surface area (Å²) >= 11 is 0. The first-order valence-electron chi connectivity index (χ1n) is 10.6. The maximum absolute atomic E-state index is 13.1. The highest BCUT2D eigenvalue weighted by atomic mass is 16.5. The number of hydrogen-bond donors (Lipinski definition) is 1. The van der Waals surface area contributed by atoms with E-state index in [-0.39, 0.29) is 24.5 Å². The van der Waals surface area contributed by atoms with E-state index in [2.05, 4.69) is 34.5 Å². The molecule has 30 heavy (non-hydrogen) atoms. The van der Waals surface area contributed by atoms with Crippen LogP contribution in [0.2, 0.25) is 0 Å². The normalized spacial score (nSPS) is 23.4. The first-order chi connectivity index (χ1) is 14.6. The Morgan fingerprint density at radius 2 is 1.67 bits per heavy atom. The second-order valence-corrected chi connectivity index (χ2v) is 8.14. The number of nitrogens with zero attached hydrogens (tertiary/aromatic N) is 2. The number of amides is 2. The largest absolute Gasteiger partial charge is 0.356 e. The van der Waals surface area contributed by atoms with Crippen LogP contribution in [0.3, 0.4) is 0 Å². The fourth-order valence-corrected chi connectivity index (χ4v) is 4.34.